The van der Waals surface area contributed by atoms with Crippen LogP contribution in [0.15, 0.2) is 36.5 Å². The molecule has 1 atom stereocenters. The molecule has 1 aromatic carbocycles. The third kappa shape index (κ3) is 3.32. The van der Waals surface area contributed by atoms with Crippen LogP contribution < -0.4 is 14.8 Å². The number of hydrogen-bond acceptors (Lipinski definition) is 4. The van der Waals surface area contributed by atoms with Crippen LogP contribution in [0.5, 0.6) is 11.5 Å². The second kappa shape index (κ2) is 7.25. The first-order chi connectivity index (χ1) is 12.4. The third-order valence-corrected chi connectivity index (χ3v) is 4.24. The van der Waals surface area contributed by atoms with Gasteiger partial charge in [-0.2, -0.15) is 0 Å². The van der Waals surface area contributed by atoms with E-state index in [9.17, 15) is 4.79 Å². The molecule has 0 aliphatic rings. The van der Waals surface area contributed by atoms with Crippen molar-refractivity contribution in [3.8, 4) is 22.8 Å². The summed E-state index contributed by atoms with van der Waals surface area (Å²) in [5.41, 5.74) is 3.22. The SMILES string of the molecule is COc1ccc(-c2nc3cc(C)ccn3c2NC(=O)[C@@H](C)Cl)cc1OC. The number of aromatic nitrogens is 2. The van der Waals surface area contributed by atoms with Gasteiger partial charge in [0.25, 0.3) is 0 Å². The summed E-state index contributed by atoms with van der Waals surface area (Å²) in [7, 11) is 3.16. The molecule has 0 unspecified atom stereocenters. The molecule has 1 amide bonds. The monoisotopic (exact) mass is 373 g/mol. The standard InChI is InChI=1S/C19H20ClN3O3/c1-11-7-8-23-16(9-11)21-17(18(23)22-19(24)12(2)20)13-5-6-14(25-3)15(10-13)26-4/h5-10,12H,1-4H3,(H,22,24)/t12-/m1/s1. The second-order valence-electron chi connectivity index (χ2n) is 5.92. The summed E-state index contributed by atoms with van der Waals surface area (Å²) in [6.45, 7) is 3.62. The molecule has 136 valence electrons. The number of nitrogens with one attached hydrogen (secondary N) is 1. The molecule has 1 N–H and O–H groups in total. The number of amides is 1. The minimum atomic E-state index is -0.663. The van der Waals surface area contributed by atoms with E-state index < -0.39 is 5.38 Å². The summed E-state index contributed by atoms with van der Waals surface area (Å²) < 4.78 is 12.5. The smallest absolute Gasteiger partial charge is 0.243 e. The largest absolute Gasteiger partial charge is 0.493 e. The van der Waals surface area contributed by atoms with Gasteiger partial charge in [-0.15, -0.1) is 11.6 Å². The summed E-state index contributed by atoms with van der Waals surface area (Å²) >= 11 is 5.93. The van der Waals surface area contributed by atoms with Crippen LogP contribution in [0.25, 0.3) is 16.9 Å². The lowest BCUT2D eigenvalue weighted by Crippen LogP contribution is -2.21. The van der Waals surface area contributed by atoms with Crippen LogP contribution in [0.2, 0.25) is 0 Å². The van der Waals surface area contributed by atoms with E-state index in [2.05, 4.69) is 5.32 Å². The molecule has 3 aromatic rings. The normalized spacial score (nSPS) is 12.0. The van der Waals surface area contributed by atoms with Crippen molar-refractivity contribution in [3.05, 3.63) is 42.1 Å². The van der Waals surface area contributed by atoms with Gasteiger partial charge >= 0.3 is 0 Å². The van der Waals surface area contributed by atoms with Crippen molar-refractivity contribution in [2.24, 2.45) is 0 Å². The van der Waals surface area contributed by atoms with Crippen molar-refractivity contribution in [1.82, 2.24) is 9.38 Å². The molecule has 7 heteroatoms. The second-order valence-corrected chi connectivity index (χ2v) is 6.57. The molecule has 0 saturated carbocycles. The highest BCUT2D eigenvalue weighted by molar-refractivity contribution is 6.32. The number of rotatable bonds is 5. The number of aryl methyl sites for hydroxylation is 1. The van der Waals surface area contributed by atoms with Gasteiger partial charge in [-0.05, 0) is 49.7 Å². The Labute approximate surface area is 156 Å². The summed E-state index contributed by atoms with van der Waals surface area (Å²) in [5, 5.41) is 2.21. The van der Waals surface area contributed by atoms with Gasteiger partial charge in [0.05, 0.1) is 14.2 Å². The van der Waals surface area contributed by atoms with Crippen LogP contribution in [0, 0.1) is 6.92 Å². The molecule has 0 spiro atoms. The third-order valence-electron chi connectivity index (χ3n) is 4.04. The van der Waals surface area contributed by atoms with E-state index in [1.54, 1.807) is 27.2 Å². The van der Waals surface area contributed by atoms with Crippen LogP contribution >= 0.6 is 11.6 Å². The molecule has 26 heavy (non-hydrogen) atoms. The zero-order valence-corrected chi connectivity index (χ0v) is 15.8. The Morgan fingerprint density at radius 3 is 2.58 bits per heavy atom. The van der Waals surface area contributed by atoms with E-state index in [0.29, 0.717) is 23.0 Å². The Kier molecular flexibility index (Phi) is 5.04. The highest BCUT2D eigenvalue weighted by Gasteiger charge is 2.20. The van der Waals surface area contributed by atoms with E-state index in [0.717, 1.165) is 16.8 Å². The number of carbonyl (C=O) groups excluding carboxylic acids is 1. The number of methoxy groups -OCH3 is 2. The zero-order chi connectivity index (χ0) is 18.8. The highest BCUT2D eigenvalue weighted by Crippen LogP contribution is 2.35. The van der Waals surface area contributed by atoms with Crippen LogP contribution in [0.1, 0.15) is 12.5 Å². The van der Waals surface area contributed by atoms with Crippen LogP contribution in [0.4, 0.5) is 5.82 Å². The number of pyridine rings is 1. The van der Waals surface area contributed by atoms with Crippen molar-refractivity contribution in [3.63, 3.8) is 0 Å². The van der Waals surface area contributed by atoms with Gasteiger partial charge in [0, 0.05) is 11.8 Å². The topological polar surface area (TPSA) is 64.9 Å². The Morgan fingerprint density at radius 2 is 1.92 bits per heavy atom. The number of carbonyl (C=O) groups is 1. The molecule has 0 aliphatic heterocycles. The minimum Gasteiger partial charge on any atom is -0.493 e. The average Bonchev–Trinajstić information content (AvgIpc) is 2.98. The summed E-state index contributed by atoms with van der Waals surface area (Å²) in [5.74, 6) is 1.47. The molecule has 0 bridgehead atoms. The molecule has 2 heterocycles. The van der Waals surface area contributed by atoms with Crippen LogP contribution in [-0.2, 0) is 4.79 Å². The number of fused-ring (bicyclic) bond motifs is 1. The fourth-order valence-corrected chi connectivity index (χ4v) is 2.72. The van der Waals surface area contributed by atoms with E-state index in [4.69, 9.17) is 26.1 Å². The summed E-state index contributed by atoms with van der Waals surface area (Å²) in [4.78, 5) is 16.9. The van der Waals surface area contributed by atoms with Crippen molar-refractivity contribution < 1.29 is 14.3 Å². The summed E-state index contributed by atoms with van der Waals surface area (Å²) in [6, 6.07) is 9.40. The predicted octanol–water partition coefficient (Wildman–Crippen LogP) is 3.89. The van der Waals surface area contributed by atoms with E-state index >= 15 is 0 Å². The number of hydrogen-bond donors (Lipinski definition) is 1. The van der Waals surface area contributed by atoms with Gasteiger partial charge in [0.1, 0.15) is 22.5 Å². The molecule has 0 aliphatic carbocycles. The van der Waals surface area contributed by atoms with Crippen molar-refractivity contribution in [2.75, 3.05) is 19.5 Å². The number of benzene rings is 1. The lowest BCUT2D eigenvalue weighted by Gasteiger charge is -2.11. The lowest BCUT2D eigenvalue weighted by atomic mass is 10.1. The van der Waals surface area contributed by atoms with Crippen molar-refractivity contribution in [1.29, 1.82) is 0 Å². The van der Waals surface area contributed by atoms with Gasteiger partial charge in [-0.3, -0.25) is 9.20 Å². The maximum Gasteiger partial charge on any atom is 0.243 e. The van der Waals surface area contributed by atoms with E-state index in [1.807, 2.05) is 41.8 Å². The molecule has 6 nitrogen and oxygen atoms in total. The van der Waals surface area contributed by atoms with Gasteiger partial charge in [0.15, 0.2) is 11.5 Å². The number of nitrogens with zero attached hydrogens (tertiary/aromatic N) is 2. The number of anilines is 1. The first-order valence-electron chi connectivity index (χ1n) is 8.10. The number of alkyl halides is 1. The van der Waals surface area contributed by atoms with E-state index in [1.165, 1.54) is 0 Å². The molecule has 0 saturated heterocycles. The van der Waals surface area contributed by atoms with Crippen molar-refractivity contribution >= 4 is 29.0 Å². The molecule has 2 aromatic heterocycles. The Balaban J connectivity index is 2.19. The molecular weight excluding hydrogens is 354 g/mol. The Hall–Kier alpha value is -2.73. The van der Waals surface area contributed by atoms with Crippen molar-refractivity contribution in [2.45, 2.75) is 19.2 Å². The fraction of sp³-hybridized carbons (Fsp3) is 0.263. The number of ether oxygens (including phenoxy) is 2. The number of halogens is 1. The van der Waals surface area contributed by atoms with Crippen LogP contribution in [-0.4, -0.2) is 34.9 Å². The molecule has 0 fully saturated rings. The Bertz CT molecular complexity index is 966. The van der Waals surface area contributed by atoms with Crippen LogP contribution in [0.3, 0.4) is 0 Å². The molecule has 3 rings (SSSR count). The molecule has 0 radical (unpaired) electrons. The average molecular weight is 374 g/mol. The fourth-order valence-electron chi connectivity index (χ4n) is 2.67. The maximum atomic E-state index is 12.2. The highest BCUT2D eigenvalue weighted by atomic mass is 35.5. The maximum absolute atomic E-state index is 12.2. The van der Waals surface area contributed by atoms with Gasteiger partial charge in [-0.25, -0.2) is 4.98 Å². The van der Waals surface area contributed by atoms with Gasteiger partial charge in [0.2, 0.25) is 5.91 Å². The summed E-state index contributed by atoms with van der Waals surface area (Å²) in [6.07, 6.45) is 1.87. The first-order valence-corrected chi connectivity index (χ1v) is 8.54. The first kappa shape index (κ1) is 18.1. The van der Waals surface area contributed by atoms with E-state index in [-0.39, 0.29) is 5.91 Å². The number of imidazole rings is 1. The zero-order valence-electron chi connectivity index (χ0n) is 15.0. The Morgan fingerprint density at radius 1 is 1.19 bits per heavy atom. The minimum absolute atomic E-state index is 0.296. The lowest BCUT2D eigenvalue weighted by molar-refractivity contribution is -0.115. The molecular formula is C19H20ClN3O3. The van der Waals surface area contributed by atoms with Gasteiger partial charge < -0.3 is 14.8 Å². The van der Waals surface area contributed by atoms with Gasteiger partial charge in [-0.1, -0.05) is 0 Å². The quantitative estimate of drug-likeness (QED) is 0.689. The predicted molar refractivity (Wildman–Crippen MR) is 102 cm³/mol.